The molecule has 12 nitrogen and oxygen atoms in total. The molecule has 1 atom stereocenters. The zero-order chi connectivity index (χ0) is 30.8. The number of methoxy groups -OCH3 is 1. The summed E-state index contributed by atoms with van der Waals surface area (Å²) < 4.78 is 48.1. The smallest absolute Gasteiger partial charge is 0.356 e. The van der Waals surface area contributed by atoms with Gasteiger partial charge in [-0.05, 0) is 43.4 Å². The average molecular weight is 610 g/mol. The Bertz CT molecular complexity index is 1760. The summed E-state index contributed by atoms with van der Waals surface area (Å²) in [5, 5.41) is 18.2. The van der Waals surface area contributed by atoms with Gasteiger partial charge in [0.2, 0.25) is 11.6 Å². The van der Waals surface area contributed by atoms with E-state index in [-0.39, 0.29) is 34.3 Å². The number of ether oxygens (including phenoxy) is 3. The number of nitrogens with two attached hydrogens (primary N) is 1. The summed E-state index contributed by atoms with van der Waals surface area (Å²) in [7, 11) is 4.80. The Kier molecular flexibility index (Phi) is 8.27. The average Bonchev–Trinajstić information content (AvgIpc) is 3.58. The number of nitrogens with one attached hydrogen (secondary N) is 1. The number of halogens is 2. The molecule has 0 aliphatic carbocycles. The van der Waals surface area contributed by atoms with Gasteiger partial charge in [-0.25, -0.2) is 19.2 Å². The van der Waals surface area contributed by atoms with Crippen molar-refractivity contribution in [2.75, 3.05) is 20.7 Å². The van der Waals surface area contributed by atoms with Crippen LogP contribution >= 0.6 is 11.8 Å². The lowest BCUT2D eigenvalue weighted by Crippen LogP contribution is -2.19. The molecule has 222 valence electrons. The maximum Gasteiger partial charge on any atom is 0.356 e. The van der Waals surface area contributed by atoms with E-state index in [0.29, 0.717) is 22.2 Å². The van der Waals surface area contributed by atoms with Gasteiger partial charge in [0.15, 0.2) is 22.5 Å². The molecule has 43 heavy (non-hydrogen) atoms. The quantitative estimate of drug-likeness (QED) is 0.139. The van der Waals surface area contributed by atoms with Crippen LogP contribution in [0.15, 0.2) is 63.8 Å². The van der Waals surface area contributed by atoms with Crippen molar-refractivity contribution in [1.82, 2.24) is 19.4 Å². The highest BCUT2D eigenvalue weighted by Gasteiger charge is 2.27. The monoisotopic (exact) mass is 609 g/mol. The van der Waals surface area contributed by atoms with Crippen molar-refractivity contribution in [3.8, 4) is 28.9 Å². The highest BCUT2D eigenvalue weighted by molar-refractivity contribution is 7.99. The van der Waals surface area contributed by atoms with Crippen molar-refractivity contribution in [3.05, 3.63) is 77.2 Å². The number of carbonyl (C=O) groups is 1. The summed E-state index contributed by atoms with van der Waals surface area (Å²) in [5.74, 6) is -5.15. The highest BCUT2D eigenvalue weighted by atomic mass is 32.2. The number of imidazole rings is 1. The molecular weight excluding hydrogens is 584 g/mol. The van der Waals surface area contributed by atoms with Crippen molar-refractivity contribution >= 4 is 29.8 Å². The second-order valence-corrected chi connectivity index (χ2v) is 10.3. The van der Waals surface area contributed by atoms with Crippen LogP contribution in [0.3, 0.4) is 0 Å². The standard InChI is InChI=1S/C28H25F2N7O5S/c1-36-9-8-33-25(36)16-11-15(43-28-35-13-18(37(28)2)27(39)40-3)5-7-20(16)41-23-17(29)12-34-26(22(23)30)42-21-10-14(24(31)32)4-6-19(21)38/h4-8,10-13,25,38H,9H2,1-3H3,(H3,31,32). The number of phenolic OH excluding ortho intramolecular Hbond substituents is 1. The molecule has 0 saturated carbocycles. The van der Waals surface area contributed by atoms with Crippen LogP contribution in [0.4, 0.5) is 8.78 Å². The van der Waals surface area contributed by atoms with Crippen LogP contribution < -0.4 is 15.2 Å². The first-order valence-electron chi connectivity index (χ1n) is 12.6. The molecular formula is C28H25F2N7O5S. The van der Waals surface area contributed by atoms with Crippen LogP contribution in [-0.4, -0.2) is 63.3 Å². The molecule has 15 heteroatoms. The number of aromatic nitrogens is 3. The fraction of sp³-hybridized carbons (Fsp3) is 0.179. The lowest BCUT2D eigenvalue weighted by Gasteiger charge is -2.22. The Morgan fingerprint density at radius 3 is 2.60 bits per heavy atom. The summed E-state index contributed by atoms with van der Waals surface area (Å²) >= 11 is 1.26. The van der Waals surface area contributed by atoms with Gasteiger partial charge in [0.25, 0.3) is 5.88 Å². The van der Waals surface area contributed by atoms with E-state index in [2.05, 4.69) is 15.0 Å². The van der Waals surface area contributed by atoms with Crippen molar-refractivity contribution < 1.29 is 32.9 Å². The number of esters is 1. The Balaban J connectivity index is 1.49. The number of hydrogen-bond donors (Lipinski definition) is 3. The molecule has 5 rings (SSSR count). The molecule has 1 aliphatic heterocycles. The molecule has 0 saturated heterocycles. The molecule has 3 heterocycles. The Labute approximate surface area is 248 Å². The Morgan fingerprint density at radius 2 is 1.91 bits per heavy atom. The van der Waals surface area contributed by atoms with Crippen LogP contribution in [0, 0.1) is 17.0 Å². The van der Waals surface area contributed by atoms with Gasteiger partial charge in [-0.1, -0.05) is 11.8 Å². The maximum atomic E-state index is 15.6. The van der Waals surface area contributed by atoms with E-state index < -0.39 is 35.4 Å². The first-order chi connectivity index (χ1) is 20.6. The summed E-state index contributed by atoms with van der Waals surface area (Å²) in [6.45, 7) is 0.544. The topological polar surface area (TPSA) is 161 Å². The number of benzene rings is 2. The lowest BCUT2D eigenvalue weighted by atomic mass is 10.1. The fourth-order valence-corrected chi connectivity index (χ4v) is 5.03. The van der Waals surface area contributed by atoms with Crippen molar-refractivity contribution in [2.24, 2.45) is 17.8 Å². The molecule has 2 aromatic carbocycles. The molecule has 4 aromatic rings. The minimum Gasteiger partial charge on any atom is -0.504 e. The molecule has 2 aromatic heterocycles. The van der Waals surface area contributed by atoms with E-state index in [1.807, 2.05) is 11.9 Å². The Morgan fingerprint density at radius 1 is 1.12 bits per heavy atom. The first-order valence-corrected chi connectivity index (χ1v) is 13.4. The number of carbonyl (C=O) groups excluding carboxylic acids is 1. The van der Waals surface area contributed by atoms with E-state index in [1.54, 1.807) is 36.0 Å². The van der Waals surface area contributed by atoms with Gasteiger partial charge in [0.05, 0.1) is 19.5 Å². The van der Waals surface area contributed by atoms with Crippen LogP contribution in [0.1, 0.15) is 27.8 Å². The molecule has 1 unspecified atom stereocenters. The fourth-order valence-electron chi connectivity index (χ4n) is 4.15. The van der Waals surface area contributed by atoms with Gasteiger partial charge in [-0.2, -0.15) is 4.39 Å². The maximum absolute atomic E-state index is 15.6. The van der Waals surface area contributed by atoms with Gasteiger partial charge in [-0.15, -0.1) is 0 Å². The second-order valence-electron chi connectivity index (χ2n) is 9.28. The van der Waals surface area contributed by atoms with Crippen molar-refractivity contribution in [1.29, 1.82) is 5.41 Å². The molecule has 4 N–H and O–H groups in total. The summed E-state index contributed by atoms with van der Waals surface area (Å²) in [6, 6.07) is 8.80. The van der Waals surface area contributed by atoms with Crippen LogP contribution in [0.25, 0.3) is 0 Å². The first kappa shape index (κ1) is 29.5. The summed E-state index contributed by atoms with van der Waals surface area (Å²) in [5.41, 5.74) is 6.48. The van der Waals surface area contributed by atoms with E-state index in [4.69, 9.17) is 25.4 Å². The van der Waals surface area contributed by atoms with Gasteiger partial charge in [-0.3, -0.25) is 15.3 Å². The minimum atomic E-state index is -1.26. The highest BCUT2D eigenvalue weighted by Crippen LogP contribution is 2.41. The molecule has 0 fully saturated rings. The van der Waals surface area contributed by atoms with Crippen LogP contribution in [0.2, 0.25) is 0 Å². The summed E-state index contributed by atoms with van der Waals surface area (Å²) in [4.78, 5) is 27.1. The molecule has 0 spiro atoms. The van der Waals surface area contributed by atoms with E-state index in [9.17, 15) is 14.3 Å². The van der Waals surface area contributed by atoms with Gasteiger partial charge >= 0.3 is 5.97 Å². The van der Waals surface area contributed by atoms with E-state index >= 15 is 4.39 Å². The van der Waals surface area contributed by atoms with Crippen LogP contribution in [0.5, 0.6) is 28.9 Å². The van der Waals surface area contributed by atoms with E-state index in [1.165, 1.54) is 43.3 Å². The predicted molar refractivity (Wildman–Crippen MR) is 152 cm³/mol. The zero-order valence-corrected chi connectivity index (χ0v) is 23.9. The summed E-state index contributed by atoms with van der Waals surface area (Å²) in [6.07, 6.45) is 3.34. The van der Waals surface area contributed by atoms with Crippen molar-refractivity contribution in [3.63, 3.8) is 0 Å². The number of hydrogen-bond acceptors (Lipinski definition) is 11. The molecule has 0 bridgehead atoms. The van der Waals surface area contributed by atoms with E-state index in [0.717, 1.165) is 6.20 Å². The lowest BCUT2D eigenvalue weighted by molar-refractivity contribution is 0.0589. The number of aromatic hydroxyl groups is 1. The third kappa shape index (κ3) is 5.98. The zero-order valence-electron chi connectivity index (χ0n) is 23.0. The number of aliphatic imine (C=N–C) groups is 1. The predicted octanol–water partition coefficient (Wildman–Crippen LogP) is 4.62. The second kappa shape index (κ2) is 12.1. The number of amidine groups is 1. The number of nitrogens with zero attached hydrogens (tertiary/aromatic N) is 5. The van der Waals surface area contributed by atoms with Crippen LogP contribution in [-0.2, 0) is 11.8 Å². The van der Waals surface area contributed by atoms with Gasteiger partial charge in [0, 0.05) is 35.8 Å². The third-order valence-electron chi connectivity index (χ3n) is 6.43. The molecule has 1 aliphatic rings. The third-order valence-corrected chi connectivity index (χ3v) is 7.48. The normalized spacial score (nSPS) is 14.6. The number of rotatable bonds is 9. The Hall–Kier alpha value is -5.02. The van der Waals surface area contributed by atoms with Crippen molar-refractivity contribution in [2.45, 2.75) is 16.2 Å². The number of nitrogen functional groups attached to an aromatic ring is 1. The number of phenols is 1. The van der Waals surface area contributed by atoms with Gasteiger partial charge in [0.1, 0.15) is 23.4 Å². The molecule has 0 radical (unpaired) electrons. The molecule has 0 amide bonds. The van der Waals surface area contributed by atoms with Gasteiger partial charge < -0.3 is 29.6 Å². The largest absolute Gasteiger partial charge is 0.504 e. The number of pyridine rings is 1. The minimum absolute atomic E-state index is 0.117. The SMILES string of the molecule is COC(=O)c1cnc(Sc2ccc(Oc3c(F)cnc(Oc4cc(C(=N)N)ccc4O)c3F)c(C3N=CCN3C)c2)n1C.